The highest BCUT2D eigenvalue weighted by Crippen LogP contribution is 2.28. The first kappa shape index (κ1) is 16.7. The van der Waals surface area contributed by atoms with E-state index in [2.05, 4.69) is 21.4 Å². The second kappa shape index (κ2) is 7.20. The fraction of sp³-hybridized carbons (Fsp3) is 0.0556. The van der Waals surface area contributed by atoms with Crippen LogP contribution in [0.2, 0.25) is 0 Å². The molecule has 124 valence electrons. The second-order valence-electron chi connectivity index (χ2n) is 5.11. The number of nitriles is 1. The highest BCUT2D eigenvalue weighted by Gasteiger charge is 2.34. The first-order valence-electron chi connectivity index (χ1n) is 7.31. The van der Waals surface area contributed by atoms with Crippen molar-refractivity contribution in [2.75, 3.05) is 11.6 Å². The van der Waals surface area contributed by atoms with Gasteiger partial charge in [0.2, 0.25) is 0 Å². The number of carbonyl (C=O) groups excluding carboxylic acids is 2. The molecule has 2 aromatic rings. The minimum Gasteiger partial charge on any atom is -0.478 e. The van der Waals surface area contributed by atoms with E-state index in [1.807, 2.05) is 12.1 Å². The number of hydrogen-bond acceptors (Lipinski definition) is 4. The summed E-state index contributed by atoms with van der Waals surface area (Å²) in [5, 5.41) is 9.77. The van der Waals surface area contributed by atoms with Gasteiger partial charge >= 0.3 is 0 Å². The maximum absolute atomic E-state index is 12.5. The van der Waals surface area contributed by atoms with E-state index in [1.54, 1.807) is 42.5 Å². The van der Waals surface area contributed by atoms with Crippen molar-refractivity contribution in [1.82, 2.24) is 5.43 Å². The van der Waals surface area contributed by atoms with Gasteiger partial charge in [0.25, 0.3) is 11.8 Å². The topological polar surface area (TPSA) is 82.4 Å². The number of ether oxygens (including phenoxy) is 1. The number of hydrazine groups is 1. The summed E-state index contributed by atoms with van der Waals surface area (Å²) in [7, 11) is 0. The Balaban J connectivity index is 1.86. The lowest BCUT2D eigenvalue weighted by Crippen LogP contribution is -2.35. The van der Waals surface area contributed by atoms with Crippen LogP contribution in [0.15, 0.2) is 58.6 Å². The normalized spacial score (nSPS) is 15.2. The van der Waals surface area contributed by atoms with Gasteiger partial charge < -0.3 is 4.74 Å². The number of nitrogens with zero attached hydrogens (tertiary/aromatic N) is 2. The lowest BCUT2D eigenvalue weighted by atomic mass is 10.1. The zero-order valence-electron chi connectivity index (χ0n) is 12.9. The average Bonchev–Trinajstić information content (AvgIpc) is 2.90. The summed E-state index contributed by atoms with van der Waals surface area (Å²) in [6, 6.07) is 15.8. The molecule has 0 unspecified atom stereocenters. The number of anilines is 1. The van der Waals surface area contributed by atoms with Crippen molar-refractivity contribution in [3.63, 3.8) is 0 Å². The van der Waals surface area contributed by atoms with Crippen molar-refractivity contribution in [2.45, 2.75) is 0 Å². The van der Waals surface area contributed by atoms with E-state index < -0.39 is 11.8 Å². The van der Waals surface area contributed by atoms with Gasteiger partial charge in [-0.2, -0.15) is 5.26 Å². The molecule has 0 saturated carbocycles. The summed E-state index contributed by atoms with van der Waals surface area (Å²) in [5.41, 5.74) is 3.84. The number of rotatable bonds is 4. The Labute approximate surface area is 152 Å². The van der Waals surface area contributed by atoms with Gasteiger partial charge in [0.1, 0.15) is 17.4 Å². The summed E-state index contributed by atoms with van der Waals surface area (Å²) in [5.74, 6) is -0.372. The first-order chi connectivity index (χ1) is 12.1. The van der Waals surface area contributed by atoms with Crippen LogP contribution in [0.5, 0.6) is 5.75 Å². The molecule has 1 N–H and O–H groups in total. The number of amides is 2. The van der Waals surface area contributed by atoms with Gasteiger partial charge in [-0.1, -0.05) is 24.3 Å². The van der Waals surface area contributed by atoms with Crippen molar-refractivity contribution in [1.29, 1.82) is 5.26 Å². The molecule has 1 aliphatic heterocycles. The molecule has 0 aliphatic carbocycles. The third-order valence-electron chi connectivity index (χ3n) is 3.47. The smallest absolute Gasteiger partial charge is 0.282 e. The number of benzene rings is 2. The average molecular weight is 398 g/mol. The minimum absolute atomic E-state index is 0.0430. The Morgan fingerprint density at radius 1 is 1.20 bits per heavy atom. The minimum atomic E-state index is -0.463. The van der Waals surface area contributed by atoms with E-state index in [0.717, 1.165) is 0 Å². The molecule has 2 aromatic carbocycles. The van der Waals surface area contributed by atoms with Gasteiger partial charge in [0.05, 0.1) is 10.2 Å². The highest BCUT2D eigenvalue weighted by atomic mass is 79.9. The van der Waals surface area contributed by atoms with Crippen LogP contribution in [-0.2, 0) is 9.59 Å². The van der Waals surface area contributed by atoms with Crippen LogP contribution in [-0.4, -0.2) is 18.4 Å². The quantitative estimate of drug-likeness (QED) is 0.634. The molecular weight excluding hydrogens is 386 g/mol. The summed E-state index contributed by atoms with van der Waals surface area (Å²) < 4.78 is 5.87. The van der Waals surface area contributed by atoms with Crippen molar-refractivity contribution in [3.05, 3.63) is 64.1 Å². The van der Waals surface area contributed by atoms with E-state index in [4.69, 9.17) is 10.00 Å². The molecule has 0 atom stereocenters. The lowest BCUT2D eigenvalue weighted by Gasteiger charge is -2.13. The molecule has 6 nitrogen and oxygen atoms in total. The monoisotopic (exact) mass is 397 g/mol. The molecule has 1 aliphatic rings. The molecule has 0 spiro atoms. The van der Waals surface area contributed by atoms with Crippen molar-refractivity contribution < 1.29 is 14.3 Å². The van der Waals surface area contributed by atoms with E-state index in [1.165, 1.54) is 11.1 Å². The first-order valence-corrected chi connectivity index (χ1v) is 8.11. The van der Waals surface area contributed by atoms with E-state index in [9.17, 15) is 9.59 Å². The van der Waals surface area contributed by atoms with Crippen LogP contribution in [0, 0.1) is 11.3 Å². The maximum atomic E-state index is 12.5. The molecule has 1 fully saturated rings. The van der Waals surface area contributed by atoms with Crippen molar-refractivity contribution in [3.8, 4) is 11.8 Å². The van der Waals surface area contributed by atoms with Gasteiger partial charge in [-0.15, -0.1) is 0 Å². The second-order valence-corrected chi connectivity index (χ2v) is 5.97. The summed E-state index contributed by atoms with van der Waals surface area (Å²) in [6.45, 7) is -0.0635. The third-order valence-corrected chi connectivity index (χ3v) is 4.08. The number of para-hydroxylation sites is 1. The van der Waals surface area contributed by atoms with Crippen molar-refractivity contribution >= 4 is 39.5 Å². The standard InChI is InChI=1S/C18H12BrN3O3/c19-15-11-12(6-7-16(15)25-9-8-20)10-14-17(23)21-22(18(14)24)13-4-2-1-3-5-13/h1-7,10-11H,9H2,(H,21,23). The molecule has 0 aromatic heterocycles. The van der Waals surface area contributed by atoms with Crippen LogP contribution in [0.4, 0.5) is 5.69 Å². The number of hydrogen-bond donors (Lipinski definition) is 1. The molecule has 1 heterocycles. The van der Waals surface area contributed by atoms with Gasteiger partial charge in [-0.3, -0.25) is 15.0 Å². The Hall–Kier alpha value is -3.11. The van der Waals surface area contributed by atoms with Gasteiger partial charge in [-0.25, -0.2) is 5.01 Å². The van der Waals surface area contributed by atoms with Gasteiger partial charge in [0.15, 0.2) is 6.61 Å². The number of carbonyl (C=O) groups is 2. The molecule has 0 bridgehead atoms. The van der Waals surface area contributed by atoms with Crippen LogP contribution >= 0.6 is 15.9 Å². The SMILES string of the molecule is N#CCOc1ccc(C=C2C(=O)NN(c3ccccc3)C2=O)cc1Br. The molecule has 7 heteroatoms. The third kappa shape index (κ3) is 3.54. The summed E-state index contributed by atoms with van der Waals surface area (Å²) in [6.07, 6.45) is 1.51. The predicted octanol–water partition coefficient (Wildman–Crippen LogP) is 2.81. The van der Waals surface area contributed by atoms with Crippen LogP contribution in [0.1, 0.15) is 5.56 Å². The summed E-state index contributed by atoms with van der Waals surface area (Å²) >= 11 is 3.35. The number of nitrogens with one attached hydrogen (secondary N) is 1. The fourth-order valence-corrected chi connectivity index (χ4v) is 2.83. The molecule has 0 radical (unpaired) electrons. The molecule has 1 saturated heterocycles. The maximum Gasteiger partial charge on any atom is 0.282 e. The van der Waals surface area contributed by atoms with Gasteiger partial charge in [-0.05, 0) is 51.8 Å². The fourth-order valence-electron chi connectivity index (χ4n) is 2.32. The van der Waals surface area contributed by atoms with E-state index in [-0.39, 0.29) is 12.2 Å². The number of halogens is 1. The van der Waals surface area contributed by atoms with Crippen LogP contribution in [0.3, 0.4) is 0 Å². The summed E-state index contributed by atoms with van der Waals surface area (Å²) in [4.78, 5) is 24.7. The Bertz CT molecular complexity index is 904. The Morgan fingerprint density at radius 2 is 1.96 bits per heavy atom. The Kier molecular flexibility index (Phi) is 4.82. The van der Waals surface area contributed by atoms with Crippen LogP contribution < -0.4 is 15.2 Å². The van der Waals surface area contributed by atoms with Crippen molar-refractivity contribution in [2.24, 2.45) is 0 Å². The van der Waals surface area contributed by atoms with E-state index >= 15 is 0 Å². The zero-order chi connectivity index (χ0) is 17.8. The van der Waals surface area contributed by atoms with E-state index in [0.29, 0.717) is 21.5 Å². The van der Waals surface area contributed by atoms with Gasteiger partial charge in [0, 0.05) is 0 Å². The zero-order valence-corrected chi connectivity index (χ0v) is 14.5. The predicted molar refractivity (Wildman–Crippen MR) is 95.3 cm³/mol. The van der Waals surface area contributed by atoms with Crippen LogP contribution in [0.25, 0.3) is 6.08 Å². The molecular formula is C18H12BrN3O3. The Morgan fingerprint density at radius 3 is 2.64 bits per heavy atom. The molecule has 3 rings (SSSR count). The largest absolute Gasteiger partial charge is 0.478 e. The highest BCUT2D eigenvalue weighted by molar-refractivity contribution is 9.10. The lowest BCUT2D eigenvalue weighted by molar-refractivity contribution is -0.117. The molecule has 25 heavy (non-hydrogen) atoms. The molecule has 2 amide bonds.